The molecule has 0 saturated heterocycles. The van der Waals surface area contributed by atoms with Crippen LogP contribution in [0.25, 0.3) is 0 Å². The van der Waals surface area contributed by atoms with E-state index in [-0.39, 0.29) is 23.6 Å². The van der Waals surface area contributed by atoms with Crippen LogP contribution < -0.4 is 5.32 Å². The number of nitriles is 1. The third kappa shape index (κ3) is 3.22. The van der Waals surface area contributed by atoms with Gasteiger partial charge in [-0.3, -0.25) is 4.79 Å². The largest absolute Gasteiger partial charge is 0.351 e. The molecule has 0 aliphatic carbocycles. The van der Waals surface area contributed by atoms with Crippen LogP contribution in [0.4, 0.5) is 4.39 Å². The molecule has 1 N–H and O–H groups in total. The van der Waals surface area contributed by atoms with Crippen LogP contribution in [-0.2, 0) is 0 Å². The summed E-state index contributed by atoms with van der Waals surface area (Å²) in [5.41, 5.74) is 0.205. The van der Waals surface area contributed by atoms with E-state index in [1.54, 1.807) is 0 Å². The molecule has 0 spiro atoms. The van der Waals surface area contributed by atoms with Gasteiger partial charge in [0.2, 0.25) is 0 Å². The number of nitrogens with zero attached hydrogens (tertiary/aromatic N) is 1. The molecule has 1 rings (SSSR count). The Morgan fingerprint density at radius 3 is 2.93 bits per heavy atom. The fourth-order valence-electron chi connectivity index (χ4n) is 1.00. The van der Waals surface area contributed by atoms with Crippen LogP contribution >= 0.6 is 11.6 Å². The van der Waals surface area contributed by atoms with Crippen molar-refractivity contribution in [1.82, 2.24) is 5.32 Å². The van der Waals surface area contributed by atoms with Gasteiger partial charge >= 0.3 is 0 Å². The zero-order valence-electron chi connectivity index (χ0n) is 7.76. The summed E-state index contributed by atoms with van der Waals surface area (Å²) >= 11 is 5.67. The highest BCUT2D eigenvalue weighted by atomic mass is 35.5. The van der Waals surface area contributed by atoms with Crippen molar-refractivity contribution in [2.75, 3.05) is 6.54 Å². The SMILES string of the molecule is N#CCCNC(=O)c1ccc(F)cc1Cl. The van der Waals surface area contributed by atoms with E-state index in [4.69, 9.17) is 16.9 Å². The van der Waals surface area contributed by atoms with Gasteiger partial charge in [-0.05, 0) is 18.2 Å². The highest BCUT2D eigenvalue weighted by Crippen LogP contribution is 2.16. The second-order valence-electron chi connectivity index (χ2n) is 2.79. The Balaban J connectivity index is 2.70. The average Bonchev–Trinajstić information content (AvgIpc) is 2.17. The molecule has 1 amide bonds. The van der Waals surface area contributed by atoms with Gasteiger partial charge in [0.1, 0.15) is 5.82 Å². The lowest BCUT2D eigenvalue weighted by Crippen LogP contribution is -2.24. The number of hydrogen-bond acceptors (Lipinski definition) is 2. The molecule has 0 bridgehead atoms. The second-order valence-corrected chi connectivity index (χ2v) is 3.20. The molecule has 0 fully saturated rings. The predicted octanol–water partition coefficient (Wildman–Crippen LogP) is 2.12. The summed E-state index contributed by atoms with van der Waals surface area (Å²) < 4.78 is 12.7. The van der Waals surface area contributed by atoms with Crippen LogP contribution in [0.3, 0.4) is 0 Å². The average molecular weight is 227 g/mol. The maximum Gasteiger partial charge on any atom is 0.252 e. The van der Waals surface area contributed by atoms with Gasteiger partial charge in [0.05, 0.1) is 23.1 Å². The van der Waals surface area contributed by atoms with Crippen molar-refractivity contribution in [3.8, 4) is 6.07 Å². The molecule has 15 heavy (non-hydrogen) atoms. The molecule has 0 aliphatic rings. The summed E-state index contributed by atoms with van der Waals surface area (Å²) in [5, 5.41) is 10.8. The smallest absolute Gasteiger partial charge is 0.252 e. The van der Waals surface area contributed by atoms with Gasteiger partial charge < -0.3 is 5.32 Å². The van der Waals surface area contributed by atoms with Crippen molar-refractivity contribution < 1.29 is 9.18 Å². The van der Waals surface area contributed by atoms with Crippen molar-refractivity contribution in [1.29, 1.82) is 5.26 Å². The van der Waals surface area contributed by atoms with Crippen molar-refractivity contribution in [3.63, 3.8) is 0 Å². The summed E-state index contributed by atoms with van der Waals surface area (Å²) in [6.07, 6.45) is 0.227. The third-order valence-electron chi connectivity index (χ3n) is 1.70. The number of rotatable bonds is 3. The Bertz CT molecular complexity index is 414. The van der Waals surface area contributed by atoms with Crippen molar-refractivity contribution in [3.05, 3.63) is 34.6 Å². The second kappa shape index (κ2) is 5.32. The monoisotopic (exact) mass is 226 g/mol. The number of carbonyl (C=O) groups excluding carboxylic acids is 1. The van der Waals surface area contributed by atoms with Gasteiger partial charge in [-0.1, -0.05) is 11.6 Å². The van der Waals surface area contributed by atoms with Crippen LogP contribution in [0.15, 0.2) is 18.2 Å². The van der Waals surface area contributed by atoms with E-state index in [0.29, 0.717) is 0 Å². The first-order chi connectivity index (χ1) is 7.15. The Hall–Kier alpha value is -1.60. The molecule has 1 aromatic carbocycles. The summed E-state index contributed by atoms with van der Waals surface area (Å²) in [6, 6.07) is 5.42. The number of carbonyl (C=O) groups is 1. The summed E-state index contributed by atoms with van der Waals surface area (Å²) in [7, 11) is 0. The normalized spacial score (nSPS) is 9.40. The van der Waals surface area contributed by atoms with Gasteiger partial charge in [-0.15, -0.1) is 0 Å². The molecule has 0 radical (unpaired) electrons. The molecule has 0 unspecified atom stereocenters. The topological polar surface area (TPSA) is 52.9 Å². The molecule has 3 nitrogen and oxygen atoms in total. The zero-order valence-corrected chi connectivity index (χ0v) is 8.51. The number of benzene rings is 1. The van der Waals surface area contributed by atoms with E-state index < -0.39 is 11.7 Å². The van der Waals surface area contributed by atoms with Crippen LogP contribution in [-0.4, -0.2) is 12.5 Å². The minimum atomic E-state index is -0.492. The van der Waals surface area contributed by atoms with Crippen LogP contribution in [0.5, 0.6) is 0 Å². The van der Waals surface area contributed by atoms with Gasteiger partial charge in [-0.25, -0.2) is 4.39 Å². The lowest BCUT2D eigenvalue weighted by Gasteiger charge is -2.04. The number of amides is 1. The molecule has 0 atom stereocenters. The fraction of sp³-hybridized carbons (Fsp3) is 0.200. The number of nitrogens with one attached hydrogen (secondary N) is 1. The Morgan fingerprint density at radius 2 is 2.33 bits per heavy atom. The molecule has 0 aliphatic heterocycles. The lowest BCUT2D eigenvalue weighted by molar-refractivity contribution is 0.0954. The Morgan fingerprint density at radius 1 is 1.60 bits per heavy atom. The third-order valence-corrected chi connectivity index (χ3v) is 2.01. The molecule has 0 saturated carbocycles. The summed E-state index contributed by atoms with van der Waals surface area (Å²) in [5.74, 6) is -0.899. The zero-order chi connectivity index (χ0) is 11.3. The minimum Gasteiger partial charge on any atom is -0.351 e. The van der Waals surface area contributed by atoms with E-state index in [2.05, 4.69) is 5.32 Å². The molecule has 78 valence electrons. The van der Waals surface area contributed by atoms with E-state index in [1.807, 2.05) is 6.07 Å². The van der Waals surface area contributed by atoms with Crippen molar-refractivity contribution >= 4 is 17.5 Å². The van der Waals surface area contributed by atoms with Crippen molar-refractivity contribution in [2.45, 2.75) is 6.42 Å². The maximum atomic E-state index is 12.7. The lowest BCUT2D eigenvalue weighted by atomic mass is 10.2. The molecule has 0 aromatic heterocycles. The number of hydrogen-bond donors (Lipinski definition) is 1. The Labute approximate surface area is 91.5 Å². The molecular weight excluding hydrogens is 219 g/mol. The van der Waals surface area contributed by atoms with E-state index in [1.165, 1.54) is 6.07 Å². The van der Waals surface area contributed by atoms with E-state index in [0.717, 1.165) is 12.1 Å². The number of halogens is 2. The first kappa shape index (κ1) is 11.5. The summed E-state index contributed by atoms with van der Waals surface area (Å²) in [4.78, 5) is 11.4. The standard InChI is InChI=1S/C10H8ClFN2O/c11-9-6-7(12)2-3-8(9)10(15)14-5-1-4-13/h2-3,6H,1,5H2,(H,14,15). The first-order valence-electron chi connectivity index (χ1n) is 4.25. The van der Waals surface area contributed by atoms with Gasteiger partial charge in [-0.2, -0.15) is 5.26 Å². The molecule has 5 heteroatoms. The van der Waals surface area contributed by atoms with Crippen LogP contribution in [0.1, 0.15) is 16.8 Å². The first-order valence-corrected chi connectivity index (χ1v) is 4.63. The van der Waals surface area contributed by atoms with Crippen molar-refractivity contribution in [2.24, 2.45) is 0 Å². The van der Waals surface area contributed by atoms with Gasteiger partial charge in [0.15, 0.2) is 0 Å². The predicted molar refractivity (Wildman–Crippen MR) is 54.0 cm³/mol. The van der Waals surface area contributed by atoms with Gasteiger partial charge in [0.25, 0.3) is 5.91 Å². The molecular formula is C10H8ClFN2O. The van der Waals surface area contributed by atoms with Crippen LogP contribution in [0.2, 0.25) is 5.02 Å². The maximum absolute atomic E-state index is 12.7. The highest BCUT2D eigenvalue weighted by Gasteiger charge is 2.09. The molecule has 0 heterocycles. The van der Waals surface area contributed by atoms with E-state index in [9.17, 15) is 9.18 Å². The Kier molecular flexibility index (Phi) is 4.07. The van der Waals surface area contributed by atoms with E-state index >= 15 is 0 Å². The van der Waals surface area contributed by atoms with Gasteiger partial charge in [0, 0.05) is 6.54 Å². The minimum absolute atomic E-state index is 0.0597. The summed E-state index contributed by atoms with van der Waals surface area (Å²) in [6.45, 7) is 0.253. The molecule has 1 aromatic rings. The fourth-order valence-corrected chi connectivity index (χ4v) is 1.25. The quantitative estimate of drug-likeness (QED) is 0.803. The van der Waals surface area contributed by atoms with Crippen LogP contribution in [0, 0.1) is 17.1 Å². The highest BCUT2D eigenvalue weighted by molar-refractivity contribution is 6.33.